The number of hydrogen-bond donors (Lipinski definition) is 3. The van der Waals surface area contributed by atoms with E-state index in [1.807, 2.05) is 0 Å². The summed E-state index contributed by atoms with van der Waals surface area (Å²) in [6.07, 6.45) is 0. The molecular formula is C23H16O10S2. The van der Waals surface area contributed by atoms with E-state index in [2.05, 4.69) is 0 Å². The Morgan fingerprint density at radius 1 is 0.829 bits per heavy atom. The van der Waals surface area contributed by atoms with Gasteiger partial charge in [0.2, 0.25) is 0 Å². The molecule has 4 rings (SSSR count). The van der Waals surface area contributed by atoms with Crippen LogP contribution in [-0.4, -0.2) is 36.8 Å². The van der Waals surface area contributed by atoms with Crippen molar-refractivity contribution in [2.45, 2.75) is 15.7 Å². The molecule has 1 atom stereocenters. The number of rotatable bonds is 6. The number of benzene rings is 3. The van der Waals surface area contributed by atoms with Gasteiger partial charge in [-0.05, 0) is 11.6 Å². The van der Waals surface area contributed by atoms with Gasteiger partial charge in [0.15, 0.2) is 5.78 Å². The first-order chi connectivity index (χ1) is 16.4. The van der Waals surface area contributed by atoms with Crippen LogP contribution in [0.4, 0.5) is 0 Å². The van der Waals surface area contributed by atoms with Crippen molar-refractivity contribution in [3.8, 4) is 5.75 Å². The van der Waals surface area contributed by atoms with Gasteiger partial charge in [0.1, 0.15) is 16.2 Å². The molecule has 0 spiro atoms. The molecule has 3 N–H and O–H groups in total. The molecule has 0 saturated heterocycles. The average Bonchev–Trinajstić information content (AvgIpc) is 2.80. The summed E-state index contributed by atoms with van der Waals surface area (Å²) in [6.45, 7) is 0. The summed E-state index contributed by atoms with van der Waals surface area (Å²) >= 11 is 0. The minimum absolute atomic E-state index is 0.178. The smallest absolute Gasteiger partial charge is 0.344 e. The molecular weight excluding hydrogens is 500 g/mol. The molecule has 12 heteroatoms. The van der Waals surface area contributed by atoms with Crippen LogP contribution in [-0.2, 0) is 20.2 Å². The van der Waals surface area contributed by atoms with E-state index in [0.29, 0.717) is 12.1 Å². The molecule has 3 aromatic carbocycles. The summed E-state index contributed by atoms with van der Waals surface area (Å²) < 4.78 is 71.4. The van der Waals surface area contributed by atoms with Crippen LogP contribution in [0.1, 0.15) is 27.4 Å². The number of fused-ring (bicyclic) bond motifs is 1. The molecule has 0 radical (unpaired) electrons. The van der Waals surface area contributed by atoms with Crippen molar-refractivity contribution in [2.24, 2.45) is 0 Å². The third kappa shape index (κ3) is 4.59. The predicted octanol–water partition coefficient (Wildman–Crippen LogP) is 3.01. The first kappa shape index (κ1) is 24.3. The standard InChI is InChI=1S/C23H16O10S2/c24-21(14-9-5-2-6-10-14)18(13-7-3-1-4-8-13)20-22(25)19-16(33-23(20)26)11-15(34(27,28)29)12-17(19)35(30,31)32/h1-12,18,25H,(H,27,28,29)(H,30,31,32). The predicted molar refractivity (Wildman–Crippen MR) is 123 cm³/mol. The van der Waals surface area contributed by atoms with E-state index in [9.17, 15) is 40.6 Å². The summed E-state index contributed by atoms with van der Waals surface area (Å²) in [6, 6.07) is 16.7. The zero-order chi connectivity index (χ0) is 25.5. The lowest BCUT2D eigenvalue weighted by molar-refractivity contribution is 0.0971. The Labute approximate surface area is 198 Å². The van der Waals surface area contributed by atoms with Gasteiger partial charge in [0.25, 0.3) is 20.2 Å². The Morgan fingerprint density at radius 3 is 1.94 bits per heavy atom. The topological polar surface area (TPSA) is 176 Å². The van der Waals surface area contributed by atoms with Crippen molar-refractivity contribution in [3.05, 3.63) is 99.9 Å². The van der Waals surface area contributed by atoms with Crippen LogP contribution in [0.3, 0.4) is 0 Å². The van der Waals surface area contributed by atoms with E-state index in [0.717, 1.165) is 0 Å². The number of hydrogen-bond acceptors (Lipinski definition) is 8. The molecule has 1 aromatic heterocycles. The molecule has 0 aliphatic carbocycles. The maximum absolute atomic E-state index is 13.5. The lowest BCUT2D eigenvalue weighted by Gasteiger charge is -2.18. The second-order valence-corrected chi connectivity index (χ2v) is 10.3. The van der Waals surface area contributed by atoms with Crippen LogP contribution in [0.15, 0.2) is 91.8 Å². The average molecular weight is 517 g/mol. The zero-order valence-electron chi connectivity index (χ0n) is 17.5. The van der Waals surface area contributed by atoms with E-state index in [1.54, 1.807) is 36.4 Å². The molecule has 1 heterocycles. The molecule has 0 fully saturated rings. The van der Waals surface area contributed by atoms with Crippen molar-refractivity contribution < 1.29 is 40.3 Å². The van der Waals surface area contributed by atoms with E-state index in [1.165, 1.54) is 24.3 Å². The highest BCUT2D eigenvalue weighted by molar-refractivity contribution is 7.86. The van der Waals surface area contributed by atoms with Crippen molar-refractivity contribution >= 4 is 37.0 Å². The number of ketones is 1. The van der Waals surface area contributed by atoms with Crippen molar-refractivity contribution in [3.63, 3.8) is 0 Å². The molecule has 0 aliphatic rings. The van der Waals surface area contributed by atoms with E-state index >= 15 is 0 Å². The third-order valence-corrected chi connectivity index (χ3v) is 6.98. The quantitative estimate of drug-likeness (QED) is 0.196. The van der Waals surface area contributed by atoms with Crippen LogP contribution < -0.4 is 5.63 Å². The number of carbonyl (C=O) groups excluding carboxylic acids is 1. The molecule has 1 unspecified atom stereocenters. The highest BCUT2D eigenvalue weighted by Gasteiger charge is 2.34. The highest BCUT2D eigenvalue weighted by atomic mass is 32.2. The van der Waals surface area contributed by atoms with Gasteiger partial charge in [-0.3, -0.25) is 13.9 Å². The number of carbonyl (C=O) groups is 1. The summed E-state index contributed by atoms with van der Waals surface area (Å²) in [5.41, 5.74) is -2.19. The number of Topliss-reactive ketones (excluding diaryl/α,β-unsaturated/α-hetero) is 1. The van der Waals surface area contributed by atoms with Gasteiger partial charge in [-0.2, -0.15) is 16.8 Å². The zero-order valence-corrected chi connectivity index (χ0v) is 19.2. The van der Waals surface area contributed by atoms with Crippen molar-refractivity contribution in [2.75, 3.05) is 0 Å². The van der Waals surface area contributed by atoms with E-state index in [-0.39, 0.29) is 11.1 Å². The lowest BCUT2D eigenvalue weighted by Crippen LogP contribution is -2.22. The van der Waals surface area contributed by atoms with Crippen molar-refractivity contribution in [1.29, 1.82) is 0 Å². The lowest BCUT2D eigenvalue weighted by atomic mass is 9.84. The molecule has 0 bridgehead atoms. The second kappa shape index (κ2) is 8.74. The third-order valence-electron chi connectivity index (χ3n) is 5.27. The normalized spacial score (nSPS) is 13.0. The van der Waals surface area contributed by atoms with E-state index in [4.69, 9.17) is 4.42 Å². The summed E-state index contributed by atoms with van der Waals surface area (Å²) in [7, 11) is -10.2. The summed E-state index contributed by atoms with van der Waals surface area (Å²) in [5, 5.41) is 10.4. The van der Waals surface area contributed by atoms with Crippen LogP contribution in [0.5, 0.6) is 5.75 Å². The van der Waals surface area contributed by atoms with Gasteiger partial charge >= 0.3 is 5.63 Å². The maximum atomic E-state index is 13.5. The monoisotopic (exact) mass is 516 g/mol. The van der Waals surface area contributed by atoms with Gasteiger partial charge in [-0.25, -0.2) is 4.79 Å². The SMILES string of the molecule is O=C(c1ccccc1)C(c1ccccc1)c1c(O)c2c(S(=O)(=O)O)cc(S(=O)(=O)O)cc2oc1=O. The fourth-order valence-corrected chi connectivity index (χ4v) is 5.07. The molecule has 10 nitrogen and oxygen atoms in total. The van der Waals surface area contributed by atoms with Gasteiger partial charge in [0, 0.05) is 11.6 Å². The van der Waals surface area contributed by atoms with Gasteiger partial charge < -0.3 is 9.52 Å². The molecule has 0 saturated carbocycles. The second-order valence-electron chi connectivity index (χ2n) is 7.47. The van der Waals surface area contributed by atoms with Crippen LogP contribution in [0.25, 0.3) is 11.0 Å². The first-order valence-corrected chi connectivity index (χ1v) is 12.7. The fourth-order valence-electron chi connectivity index (χ4n) is 3.74. The first-order valence-electron chi connectivity index (χ1n) is 9.82. The Bertz CT molecular complexity index is 1720. The van der Waals surface area contributed by atoms with Crippen LogP contribution in [0, 0.1) is 0 Å². The van der Waals surface area contributed by atoms with Crippen molar-refractivity contribution in [1.82, 2.24) is 0 Å². The molecule has 0 aliphatic heterocycles. The van der Waals surface area contributed by atoms with Crippen LogP contribution >= 0.6 is 0 Å². The van der Waals surface area contributed by atoms with Gasteiger partial charge in [-0.1, -0.05) is 60.7 Å². The Kier molecular flexibility index (Phi) is 6.07. The molecule has 4 aromatic rings. The minimum Gasteiger partial charge on any atom is -0.507 e. The Morgan fingerprint density at radius 2 is 1.40 bits per heavy atom. The van der Waals surface area contributed by atoms with Gasteiger partial charge in [0.05, 0.1) is 21.8 Å². The molecule has 180 valence electrons. The Balaban J connectivity index is 2.12. The Hall–Kier alpha value is -3.84. The van der Waals surface area contributed by atoms with Gasteiger partial charge in [-0.15, -0.1) is 0 Å². The number of aromatic hydroxyl groups is 1. The maximum Gasteiger partial charge on any atom is 0.344 e. The molecule has 35 heavy (non-hydrogen) atoms. The fraction of sp³-hybridized carbons (Fsp3) is 0.0435. The molecule has 0 amide bonds. The highest BCUT2D eigenvalue weighted by Crippen LogP contribution is 2.39. The van der Waals surface area contributed by atoms with Crippen LogP contribution in [0.2, 0.25) is 0 Å². The summed E-state index contributed by atoms with van der Waals surface area (Å²) in [5.74, 6) is -3.08. The minimum atomic E-state index is -5.21. The largest absolute Gasteiger partial charge is 0.507 e. The van der Waals surface area contributed by atoms with E-state index < -0.39 is 69.6 Å². The summed E-state index contributed by atoms with van der Waals surface area (Å²) in [4.78, 5) is 24.4.